The average molecular weight is 533 g/mol. The maximum atomic E-state index is 5.37. The van der Waals surface area contributed by atoms with Gasteiger partial charge in [-0.2, -0.15) is 4.98 Å². The minimum Gasteiger partial charge on any atom is -0.357 e. The molecule has 0 atom stereocenters. The first kappa shape index (κ1) is 25.4. The second kappa shape index (κ2) is 12.2. The maximum Gasteiger partial charge on any atom is 0.232 e. The van der Waals surface area contributed by atoms with E-state index in [1.165, 1.54) is 64.6 Å². The molecule has 8 heteroatoms. The van der Waals surface area contributed by atoms with E-state index in [1.54, 1.807) is 0 Å². The largest absolute Gasteiger partial charge is 0.357 e. The fraction of sp³-hybridized carbons (Fsp3) is 0.864. The van der Waals surface area contributed by atoms with Crippen molar-refractivity contribution in [3.8, 4) is 0 Å². The summed E-state index contributed by atoms with van der Waals surface area (Å²) in [6.07, 6.45) is 9.52. The Balaban J connectivity index is 0.00000320. The van der Waals surface area contributed by atoms with Crippen molar-refractivity contribution >= 4 is 29.9 Å². The van der Waals surface area contributed by atoms with Crippen molar-refractivity contribution in [3.63, 3.8) is 0 Å². The third-order valence-electron chi connectivity index (χ3n) is 6.00. The number of likely N-dealkylation sites (tertiary alicyclic amines) is 1. The molecule has 0 aromatic carbocycles. The van der Waals surface area contributed by atoms with Crippen molar-refractivity contribution in [3.05, 3.63) is 11.7 Å². The van der Waals surface area contributed by atoms with E-state index in [4.69, 9.17) is 4.52 Å². The fourth-order valence-electron chi connectivity index (χ4n) is 4.28. The lowest BCUT2D eigenvalue weighted by molar-refractivity contribution is 0.160. The molecule has 0 unspecified atom stereocenters. The summed E-state index contributed by atoms with van der Waals surface area (Å²) in [4.78, 5) is 11.8. The molecule has 2 fully saturated rings. The van der Waals surface area contributed by atoms with E-state index in [-0.39, 0.29) is 29.4 Å². The summed E-state index contributed by atoms with van der Waals surface area (Å²) in [5.41, 5.74) is -0.136. The predicted molar refractivity (Wildman–Crippen MR) is 132 cm³/mol. The van der Waals surface area contributed by atoms with E-state index >= 15 is 0 Å². The van der Waals surface area contributed by atoms with Crippen LogP contribution in [0.2, 0.25) is 0 Å². The van der Waals surface area contributed by atoms with Crippen molar-refractivity contribution in [2.45, 2.75) is 90.6 Å². The molecule has 1 aromatic rings. The zero-order valence-electron chi connectivity index (χ0n) is 19.2. The number of hydrogen-bond acceptors (Lipinski definition) is 5. The van der Waals surface area contributed by atoms with Crippen molar-refractivity contribution < 1.29 is 4.52 Å². The van der Waals surface area contributed by atoms with Gasteiger partial charge in [-0.3, -0.25) is 0 Å². The zero-order valence-corrected chi connectivity index (χ0v) is 21.6. The molecule has 1 saturated carbocycles. The van der Waals surface area contributed by atoms with Gasteiger partial charge in [0.2, 0.25) is 5.89 Å². The van der Waals surface area contributed by atoms with Crippen LogP contribution in [-0.4, -0.2) is 53.2 Å². The molecule has 1 aliphatic carbocycles. The monoisotopic (exact) mass is 532 g/mol. The molecule has 0 radical (unpaired) electrons. The lowest BCUT2D eigenvalue weighted by atomic mass is 9.88. The Morgan fingerprint density at radius 2 is 1.83 bits per heavy atom. The van der Waals surface area contributed by atoms with Crippen molar-refractivity contribution in [2.24, 2.45) is 10.9 Å². The highest BCUT2D eigenvalue weighted by Crippen LogP contribution is 2.25. The number of piperidine rings is 1. The molecule has 1 aromatic heterocycles. The molecule has 0 bridgehead atoms. The number of halogens is 1. The van der Waals surface area contributed by atoms with Crippen LogP contribution in [0.1, 0.15) is 84.4 Å². The van der Waals surface area contributed by atoms with Crippen LogP contribution in [0.15, 0.2) is 9.52 Å². The van der Waals surface area contributed by atoms with Crippen molar-refractivity contribution in [2.75, 3.05) is 26.2 Å². The highest BCUT2D eigenvalue weighted by molar-refractivity contribution is 14.0. The summed E-state index contributed by atoms with van der Waals surface area (Å²) in [6.45, 7) is 13.2. The van der Waals surface area contributed by atoms with Crippen LogP contribution in [0.5, 0.6) is 0 Å². The summed E-state index contributed by atoms with van der Waals surface area (Å²) >= 11 is 0. The lowest BCUT2D eigenvalue weighted by Crippen LogP contribution is -2.49. The van der Waals surface area contributed by atoms with E-state index in [9.17, 15) is 0 Å². The van der Waals surface area contributed by atoms with Gasteiger partial charge in [0.25, 0.3) is 0 Å². The Labute approximate surface area is 199 Å². The predicted octanol–water partition coefficient (Wildman–Crippen LogP) is 4.08. The first-order chi connectivity index (χ1) is 13.9. The first-order valence-corrected chi connectivity index (χ1v) is 11.5. The third kappa shape index (κ3) is 7.98. The molecule has 2 aliphatic rings. The molecule has 0 amide bonds. The Bertz CT molecular complexity index is 642. The van der Waals surface area contributed by atoms with Gasteiger partial charge in [0.05, 0.1) is 0 Å². The number of aromatic nitrogens is 2. The van der Waals surface area contributed by atoms with Gasteiger partial charge < -0.3 is 20.1 Å². The summed E-state index contributed by atoms with van der Waals surface area (Å²) in [5, 5.41) is 11.0. The maximum absolute atomic E-state index is 5.37. The van der Waals surface area contributed by atoms with Crippen LogP contribution in [0.4, 0.5) is 0 Å². The van der Waals surface area contributed by atoms with Gasteiger partial charge in [0.15, 0.2) is 11.8 Å². The van der Waals surface area contributed by atoms with Crippen LogP contribution in [0, 0.1) is 5.92 Å². The first-order valence-electron chi connectivity index (χ1n) is 11.5. The number of nitrogens with zero attached hydrogens (tertiary/aromatic N) is 4. The zero-order chi connectivity index (χ0) is 20.7. The summed E-state index contributed by atoms with van der Waals surface area (Å²) in [7, 11) is 0. The van der Waals surface area contributed by atoms with Gasteiger partial charge >= 0.3 is 0 Å². The Morgan fingerprint density at radius 3 is 2.43 bits per heavy atom. The number of rotatable bonds is 6. The molecular formula is C22H41IN6O. The number of aliphatic imine (C=N–C) groups is 1. The minimum atomic E-state index is -0.136. The van der Waals surface area contributed by atoms with Gasteiger partial charge in [0.1, 0.15) is 6.54 Å². The van der Waals surface area contributed by atoms with Gasteiger partial charge in [-0.25, -0.2) is 4.99 Å². The molecule has 1 aliphatic heterocycles. The molecule has 30 heavy (non-hydrogen) atoms. The molecule has 1 saturated heterocycles. The van der Waals surface area contributed by atoms with Crippen LogP contribution < -0.4 is 10.6 Å². The molecule has 2 heterocycles. The summed E-state index contributed by atoms with van der Waals surface area (Å²) < 4.78 is 5.37. The van der Waals surface area contributed by atoms with Gasteiger partial charge in [-0.15, -0.1) is 24.0 Å². The molecule has 3 rings (SSSR count). The molecule has 0 spiro atoms. The Kier molecular flexibility index (Phi) is 10.3. The quantitative estimate of drug-likeness (QED) is 0.327. The van der Waals surface area contributed by atoms with E-state index in [2.05, 4.69) is 58.4 Å². The van der Waals surface area contributed by atoms with E-state index in [0.717, 1.165) is 18.4 Å². The standard InChI is InChI=1S/C22H40N6O.HI/c1-5-23-21(24-15-19-26-20(29-27-19)22(2,3)4)25-18-11-13-28(14-12-18)16-17-9-7-6-8-10-17;/h17-18H,5-16H2,1-4H3,(H2,23,24,25);1H. The van der Waals surface area contributed by atoms with Crippen molar-refractivity contribution in [1.29, 1.82) is 0 Å². The van der Waals surface area contributed by atoms with Crippen molar-refractivity contribution in [1.82, 2.24) is 25.7 Å². The average Bonchev–Trinajstić information content (AvgIpc) is 3.18. The smallest absolute Gasteiger partial charge is 0.232 e. The molecule has 2 N–H and O–H groups in total. The topological polar surface area (TPSA) is 78.6 Å². The van der Waals surface area contributed by atoms with E-state index in [1.807, 2.05) is 0 Å². The SMILES string of the molecule is CCNC(=NCc1noc(C(C)(C)C)n1)NC1CCN(CC2CCCCC2)CC1.I. The number of hydrogen-bond donors (Lipinski definition) is 2. The Morgan fingerprint density at radius 1 is 1.13 bits per heavy atom. The fourth-order valence-corrected chi connectivity index (χ4v) is 4.28. The summed E-state index contributed by atoms with van der Waals surface area (Å²) in [5.74, 6) is 3.07. The number of nitrogens with one attached hydrogen (secondary N) is 2. The molecule has 7 nitrogen and oxygen atoms in total. The minimum absolute atomic E-state index is 0. The van der Waals surface area contributed by atoms with Gasteiger partial charge in [0, 0.05) is 37.6 Å². The van der Waals surface area contributed by atoms with Crippen LogP contribution >= 0.6 is 24.0 Å². The second-order valence-electron chi connectivity index (χ2n) is 9.68. The van der Waals surface area contributed by atoms with Gasteiger partial charge in [-0.05, 0) is 38.5 Å². The molecular weight excluding hydrogens is 491 g/mol. The summed E-state index contributed by atoms with van der Waals surface area (Å²) in [6, 6.07) is 0.478. The second-order valence-corrected chi connectivity index (χ2v) is 9.68. The van der Waals surface area contributed by atoms with E-state index < -0.39 is 0 Å². The third-order valence-corrected chi connectivity index (χ3v) is 6.00. The lowest BCUT2D eigenvalue weighted by Gasteiger charge is -2.36. The normalized spacial score (nSPS) is 20.1. The highest BCUT2D eigenvalue weighted by Gasteiger charge is 2.24. The van der Waals surface area contributed by atoms with Gasteiger partial charge in [-0.1, -0.05) is 45.2 Å². The molecule has 172 valence electrons. The highest BCUT2D eigenvalue weighted by atomic mass is 127. The van der Waals surface area contributed by atoms with Crippen LogP contribution in [0.25, 0.3) is 0 Å². The Hall–Kier alpha value is -0.900. The number of guanidine groups is 1. The van der Waals surface area contributed by atoms with Crippen LogP contribution in [-0.2, 0) is 12.0 Å². The van der Waals surface area contributed by atoms with Crippen LogP contribution in [0.3, 0.4) is 0 Å². The van der Waals surface area contributed by atoms with E-state index in [0.29, 0.717) is 24.3 Å².